The maximum atomic E-state index is 13.0. The predicted octanol–water partition coefficient (Wildman–Crippen LogP) is 5.99. The van der Waals surface area contributed by atoms with E-state index in [0.717, 1.165) is 29.1 Å². The first-order valence-corrected chi connectivity index (χ1v) is 8.05. The molecule has 138 valence electrons. The van der Waals surface area contributed by atoms with Gasteiger partial charge >= 0.3 is 6.18 Å². The van der Waals surface area contributed by atoms with Gasteiger partial charge in [-0.15, -0.1) is 0 Å². The average Bonchev–Trinajstić information content (AvgIpc) is 2.69. The third kappa shape index (κ3) is 4.22. The molecule has 0 atom stereocenters. The normalized spacial score (nSPS) is 10.6. The van der Waals surface area contributed by atoms with Crippen LogP contribution in [0.3, 0.4) is 0 Å². The summed E-state index contributed by atoms with van der Waals surface area (Å²) in [4.78, 5) is 0. The van der Waals surface area contributed by atoms with Crippen molar-refractivity contribution < 1.29 is 17.9 Å². The van der Waals surface area contributed by atoms with Crippen molar-refractivity contribution >= 4 is 16.5 Å². The number of nitriles is 2. The largest absolute Gasteiger partial charge is 0.455 e. The number of anilines is 1. The Labute approximate surface area is 158 Å². The quantitative estimate of drug-likeness (QED) is 0.565. The Morgan fingerprint density at radius 2 is 1.64 bits per heavy atom. The lowest BCUT2D eigenvalue weighted by Gasteiger charge is -2.14. The van der Waals surface area contributed by atoms with E-state index >= 15 is 0 Å². The molecule has 0 saturated heterocycles. The standard InChI is InChI=1S/C21H12F3N3O/c22-21(23,24)17-6-8-20(19(10-17)27-13-14(11-25)12-26)28-18-7-5-15-3-1-2-4-16(15)9-18/h1-10,13,27H. The molecular formula is C21H12F3N3O. The summed E-state index contributed by atoms with van der Waals surface area (Å²) in [7, 11) is 0. The van der Waals surface area contributed by atoms with Crippen LogP contribution >= 0.6 is 0 Å². The van der Waals surface area contributed by atoms with Crippen LogP contribution in [-0.4, -0.2) is 0 Å². The third-order valence-electron chi connectivity index (χ3n) is 3.87. The summed E-state index contributed by atoms with van der Waals surface area (Å²) in [6.07, 6.45) is -3.52. The number of nitrogens with one attached hydrogen (secondary N) is 1. The van der Waals surface area contributed by atoms with Gasteiger partial charge in [-0.2, -0.15) is 23.7 Å². The van der Waals surface area contributed by atoms with Gasteiger partial charge in [0.15, 0.2) is 5.75 Å². The molecule has 4 nitrogen and oxygen atoms in total. The second-order valence-electron chi connectivity index (χ2n) is 5.75. The number of benzene rings is 3. The molecular weight excluding hydrogens is 367 g/mol. The lowest BCUT2D eigenvalue weighted by Crippen LogP contribution is -2.06. The maximum Gasteiger partial charge on any atom is 0.416 e. The summed E-state index contributed by atoms with van der Waals surface area (Å²) >= 11 is 0. The molecule has 3 aromatic rings. The fourth-order valence-corrected chi connectivity index (χ4v) is 2.51. The van der Waals surface area contributed by atoms with Crippen molar-refractivity contribution in [3.8, 4) is 23.6 Å². The molecule has 0 aromatic heterocycles. The van der Waals surface area contributed by atoms with Crippen LogP contribution in [0.15, 0.2) is 72.4 Å². The van der Waals surface area contributed by atoms with Crippen molar-refractivity contribution in [1.82, 2.24) is 0 Å². The van der Waals surface area contributed by atoms with E-state index in [4.69, 9.17) is 15.3 Å². The zero-order valence-corrected chi connectivity index (χ0v) is 14.3. The summed E-state index contributed by atoms with van der Waals surface area (Å²) in [5.74, 6) is 0.557. The number of halogens is 3. The molecule has 3 aromatic carbocycles. The molecule has 0 aliphatic rings. The summed E-state index contributed by atoms with van der Waals surface area (Å²) < 4.78 is 44.9. The van der Waals surface area contributed by atoms with Crippen molar-refractivity contribution in [3.63, 3.8) is 0 Å². The minimum atomic E-state index is -4.55. The van der Waals surface area contributed by atoms with E-state index in [-0.39, 0.29) is 17.0 Å². The van der Waals surface area contributed by atoms with E-state index in [1.807, 2.05) is 30.3 Å². The first-order chi connectivity index (χ1) is 13.4. The lowest BCUT2D eigenvalue weighted by atomic mass is 10.1. The average molecular weight is 379 g/mol. The van der Waals surface area contributed by atoms with Crippen LogP contribution in [0.2, 0.25) is 0 Å². The molecule has 0 aliphatic heterocycles. The zero-order valence-electron chi connectivity index (χ0n) is 14.3. The number of hydrogen-bond donors (Lipinski definition) is 1. The molecule has 1 N–H and O–H groups in total. The Hall–Kier alpha value is -3.97. The van der Waals surface area contributed by atoms with Crippen LogP contribution < -0.4 is 10.1 Å². The van der Waals surface area contributed by atoms with Crippen LogP contribution in [0.5, 0.6) is 11.5 Å². The molecule has 0 saturated carbocycles. The first-order valence-electron chi connectivity index (χ1n) is 8.05. The second kappa shape index (κ2) is 7.73. The number of rotatable bonds is 4. The second-order valence-corrected chi connectivity index (χ2v) is 5.75. The summed E-state index contributed by atoms with van der Waals surface area (Å²) in [5, 5.41) is 22.1. The third-order valence-corrected chi connectivity index (χ3v) is 3.87. The molecule has 0 amide bonds. The Morgan fingerprint density at radius 3 is 2.32 bits per heavy atom. The van der Waals surface area contributed by atoms with E-state index in [1.54, 1.807) is 24.3 Å². The van der Waals surface area contributed by atoms with Crippen LogP contribution in [0, 0.1) is 22.7 Å². The van der Waals surface area contributed by atoms with Gasteiger partial charge in [0.2, 0.25) is 0 Å². The lowest BCUT2D eigenvalue weighted by molar-refractivity contribution is -0.137. The number of hydrogen-bond acceptors (Lipinski definition) is 4. The van der Waals surface area contributed by atoms with Gasteiger partial charge in [0.05, 0.1) is 11.3 Å². The van der Waals surface area contributed by atoms with E-state index in [0.29, 0.717) is 5.75 Å². The molecule has 0 fully saturated rings. The molecule has 0 spiro atoms. The van der Waals surface area contributed by atoms with Gasteiger partial charge < -0.3 is 10.1 Å². The number of allylic oxidation sites excluding steroid dienone is 1. The van der Waals surface area contributed by atoms with Gasteiger partial charge in [-0.05, 0) is 41.1 Å². The molecule has 28 heavy (non-hydrogen) atoms. The number of ether oxygens (including phenoxy) is 1. The van der Waals surface area contributed by atoms with Crippen LogP contribution in [0.25, 0.3) is 10.8 Å². The topological polar surface area (TPSA) is 68.8 Å². The highest BCUT2D eigenvalue weighted by Crippen LogP contribution is 2.37. The molecule has 0 unspecified atom stereocenters. The number of fused-ring (bicyclic) bond motifs is 1. The van der Waals surface area contributed by atoms with Crippen LogP contribution in [0.1, 0.15) is 5.56 Å². The van der Waals surface area contributed by atoms with Gasteiger partial charge in [0.25, 0.3) is 0 Å². The van der Waals surface area contributed by atoms with Gasteiger partial charge in [-0.25, -0.2) is 0 Å². The van der Waals surface area contributed by atoms with E-state index in [2.05, 4.69) is 5.32 Å². The van der Waals surface area contributed by atoms with Gasteiger partial charge in [-0.3, -0.25) is 0 Å². The van der Waals surface area contributed by atoms with Gasteiger partial charge in [-0.1, -0.05) is 30.3 Å². The van der Waals surface area contributed by atoms with Crippen molar-refractivity contribution in [2.75, 3.05) is 5.32 Å². The summed E-state index contributed by atoms with van der Waals surface area (Å²) in [6, 6.07) is 19.1. The monoisotopic (exact) mass is 379 g/mol. The molecule has 0 heterocycles. The predicted molar refractivity (Wildman–Crippen MR) is 98.4 cm³/mol. The maximum absolute atomic E-state index is 13.0. The molecule has 3 rings (SSSR count). The highest BCUT2D eigenvalue weighted by atomic mass is 19.4. The van der Waals surface area contributed by atoms with Crippen molar-refractivity contribution in [3.05, 3.63) is 78.0 Å². The molecule has 7 heteroatoms. The zero-order chi connectivity index (χ0) is 20.1. The fourth-order valence-electron chi connectivity index (χ4n) is 2.51. The van der Waals surface area contributed by atoms with E-state index in [9.17, 15) is 13.2 Å². The minimum absolute atomic E-state index is 0.0222. The molecule has 0 aliphatic carbocycles. The van der Waals surface area contributed by atoms with Crippen LogP contribution in [0.4, 0.5) is 18.9 Å². The Balaban J connectivity index is 1.99. The highest BCUT2D eigenvalue weighted by molar-refractivity contribution is 5.83. The minimum Gasteiger partial charge on any atom is -0.455 e. The van der Waals surface area contributed by atoms with E-state index < -0.39 is 11.7 Å². The van der Waals surface area contributed by atoms with Crippen molar-refractivity contribution in [2.24, 2.45) is 0 Å². The molecule has 0 bridgehead atoms. The Kier molecular flexibility index (Phi) is 5.19. The summed E-state index contributed by atoms with van der Waals surface area (Å²) in [6.45, 7) is 0. The summed E-state index contributed by atoms with van der Waals surface area (Å²) in [5.41, 5.74) is -1.19. The first kappa shape index (κ1) is 18.8. The van der Waals surface area contributed by atoms with E-state index in [1.165, 1.54) is 6.07 Å². The fraction of sp³-hybridized carbons (Fsp3) is 0.0476. The van der Waals surface area contributed by atoms with Crippen LogP contribution in [-0.2, 0) is 6.18 Å². The SMILES string of the molecule is N#CC(C#N)=CNc1cc(C(F)(F)F)ccc1Oc1ccc2ccccc2c1. The number of alkyl halides is 3. The van der Waals surface area contributed by atoms with Crippen molar-refractivity contribution in [1.29, 1.82) is 10.5 Å². The van der Waals surface area contributed by atoms with Gasteiger partial charge in [0.1, 0.15) is 23.5 Å². The molecule has 0 radical (unpaired) electrons. The smallest absolute Gasteiger partial charge is 0.416 e. The van der Waals surface area contributed by atoms with Gasteiger partial charge in [0, 0.05) is 6.20 Å². The van der Waals surface area contributed by atoms with Crippen molar-refractivity contribution in [2.45, 2.75) is 6.18 Å². The highest BCUT2D eigenvalue weighted by Gasteiger charge is 2.31. The Bertz CT molecular complexity index is 1120. The Morgan fingerprint density at radius 1 is 0.929 bits per heavy atom. The number of nitrogens with zero attached hydrogens (tertiary/aromatic N) is 2.